The maximum atomic E-state index is 13.2. The minimum absolute atomic E-state index is 0.0289. The first-order valence-corrected chi connectivity index (χ1v) is 10.6. The third-order valence-corrected chi connectivity index (χ3v) is 6.10. The van der Waals surface area contributed by atoms with Crippen LogP contribution in [0.5, 0.6) is 5.75 Å². The molecular formula is C24H22F2N4O2. The number of amides is 1. The Morgan fingerprint density at radius 2 is 2.12 bits per heavy atom. The summed E-state index contributed by atoms with van der Waals surface area (Å²) in [4.78, 5) is 19.6. The number of hydrogen-bond acceptors (Lipinski definition) is 4. The number of halogens is 2. The molecule has 0 saturated heterocycles. The largest absolute Gasteiger partial charge is 0.434 e. The highest BCUT2D eigenvalue weighted by molar-refractivity contribution is 5.97. The van der Waals surface area contributed by atoms with E-state index in [0.29, 0.717) is 24.1 Å². The number of fused-ring (bicyclic) bond motifs is 9. The smallest absolute Gasteiger partial charge is 0.387 e. The summed E-state index contributed by atoms with van der Waals surface area (Å²) in [6, 6.07) is 9.94. The van der Waals surface area contributed by atoms with Gasteiger partial charge in [-0.3, -0.25) is 4.79 Å². The highest BCUT2D eigenvalue weighted by Crippen LogP contribution is 2.49. The Balaban J connectivity index is 1.69. The van der Waals surface area contributed by atoms with Gasteiger partial charge in [-0.05, 0) is 36.9 Å². The molecule has 6 nitrogen and oxygen atoms in total. The highest BCUT2D eigenvalue weighted by atomic mass is 19.3. The summed E-state index contributed by atoms with van der Waals surface area (Å²) in [5.41, 5.74) is 3.35. The van der Waals surface area contributed by atoms with Crippen molar-refractivity contribution in [2.75, 3.05) is 20.1 Å². The third-order valence-electron chi connectivity index (χ3n) is 6.10. The molecule has 1 unspecified atom stereocenters. The molecule has 3 heterocycles. The molecule has 32 heavy (non-hydrogen) atoms. The topological polar surface area (TPSA) is 59.4 Å². The number of benzene rings is 2. The minimum Gasteiger partial charge on any atom is -0.434 e. The van der Waals surface area contributed by atoms with Gasteiger partial charge in [-0.25, -0.2) is 4.98 Å². The fourth-order valence-electron chi connectivity index (χ4n) is 4.69. The number of hydrogen-bond donors (Lipinski definition) is 1. The van der Waals surface area contributed by atoms with Crippen LogP contribution in [0.4, 0.5) is 8.78 Å². The number of rotatable bonds is 4. The van der Waals surface area contributed by atoms with Crippen molar-refractivity contribution < 1.29 is 18.3 Å². The Hall–Kier alpha value is -3.44. The number of ether oxygens (including phenoxy) is 1. The molecule has 0 saturated carbocycles. The van der Waals surface area contributed by atoms with Crippen LogP contribution in [0.25, 0.3) is 11.0 Å². The summed E-state index contributed by atoms with van der Waals surface area (Å²) in [6.07, 6.45) is 0.549. The molecule has 0 fully saturated rings. The van der Waals surface area contributed by atoms with Crippen LogP contribution >= 0.6 is 0 Å². The normalized spacial score (nSPS) is 18.9. The van der Waals surface area contributed by atoms with Crippen molar-refractivity contribution >= 4 is 16.9 Å². The molecule has 2 aliphatic rings. The predicted molar refractivity (Wildman–Crippen MR) is 116 cm³/mol. The van der Waals surface area contributed by atoms with Crippen LogP contribution in [0.3, 0.4) is 0 Å². The third kappa shape index (κ3) is 3.21. The van der Waals surface area contributed by atoms with E-state index >= 15 is 0 Å². The average molecular weight is 436 g/mol. The lowest BCUT2D eigenvalue weighted by atomic mass is 9.97. The van der Waals surface area contributed by atoms with Crippen LogP contribution in [0, 0.1) is 11.8 Å². The zero-order chi connectivity index (χ0) is 22.4. The monoisotopic (exact) mass is 436 g/mol. The molecule has 3 aromatic rings. The molecule has 1 N–H and O–H groups in total. The van der Waals surface area contributed by atoms with E-state index in [1.54, 1.807) is 24.1 Å². The maximum absolute atomic E-state index is 13.2. The molecule has 1 amide bonds. The van der Waals surface area contributed by atoms with E-state index in [9.17, 15) is 13.6 Å². The standard InChI is InChI=1S/C24H22F2N4O2/c1-3-27-11-5-6-14-9-10-16-17(12-14)30-18-13-19(22(30)28-16)29(2)23(31)15-7-4-8-20(21(15)18)32-24(25)26/h4,7-10,12,18-19,24,27H,3,11,13H2,1-2H3/t18-,19?/m1/s1. The van der Waals surface area contributed by atoms with Crippen LogP contribution < -0.4 is 10.1 Å². The summed E-state index contributed by atoms with van der Waals surface area (Å²) < 4.78 is 33.2. The van der Waals surface area contributed by atoms with Crippen molar-refractivity contribution in [3.05, 3.63) is 58.9 Å². The highest BCUT2D eigenvalue weighted by Gasteiger charge is 2.44. The van der Waals surface area contributed by atoms with Crippen LogP contribution in [0.1, 0.15) is 52.7 Å². The number of imidazole rings is 1. The fourth-order valence-corrected chi connectivity index (χ4v) is 4.69. The number of carbonyl (C=O) groups is 1. The van der Waals surface area contributed by atoms with Gasteiger partial charge in [-0.1, -0.05) is 24.8 Å². The van der Waals surface area contributed by atoms with Crippen molar-refractivity contribution in [1.82, 2.24) is 19.8 Å². The van der Waals surface area contributed by atoms with Crippen LogP contribution in [0.15, 0.2) is 36.4 Å². The van der Waals surface area contributed by atoms with E-state index in [0.717, 1.165) is 29.0 Å². The summed E-state index contributed by atoms with van der Waals surface area (Å²) in [7, 11) is 1.73. The molecule has 0 spiro atoms. The molecule has 164 valence electrons. The molecule has 1 aromatic heterocycles. The lowest BCUT2D eigenvalue weighted by Crippen LogP contribution is -2.30. The van der Waals surface area contributed by atoms with Gasteiger partial charge in [0.05, 0.1) is 29.7 Å². The van der Waals surface area contributed by atoms with E-state index in [1.165, 1.54) is 6.07 Å². The van der Waals surface area contributed by atoms with Crippen LogP contribution in [0.2, 0.25) is 0 Å². The van der Waals surface area contributed by atoms with E-state index in [4.69, 9.17) is 9.72 Å². The molecule has 2 aliphatic heterocycles. The molecule has 2 aromatic carbocycles. The summed E-state index contributed by atoms with van der Waals surface area (Å²) in [5.74, 6) is 6.80. The molecule has 2 atom stereocenters. The quantitative estimate of drug-likeness (QED) is 0.500. The van der Waals surface area contributed by atoms with Crippen molar-refractivity contribution in [2.45, 2.75) is 32.0 Å². The first-order valence-electron chi connectivity index (χ1n) is 10.6. The fraction of sp³-hybridized carbons (Fsp3) is 0.333. The minimum atomic E-state index is -2.98. The molecule has 5 rings (SSSR count). The SMILES string of the molecule is CCNCC#Cc1ccc2nc3n(c2c1)[C@@H]1CC3N(C)C(=O)c2cccc(OC(F)F)c21. The number of nitrogens with one attached hydrogen (secondary N) is 1. The molecule has 0 radical (unpaired) electrons. The van der Waals surface area contributed by atoms with E-state index in [-0.39, 0.29) is 23.7 Å². The molecule has 0 aliphatic carbocycles. The molecule has 8 heteroatoms. The summed E-state index contributed by atoms with van der Waals surface area (Å²) in [6.45, 7) is 0.488. The van der Waals surface area contributed by atoms with Crippen LogP contribution in [-0.2, 0) is 0 Å². The summed E-state index contributed by atoms with van der Waals surface area (Å²) in [5, 5.41) is 3.17. The Morgan fingerprint density at radius 1 is 1.28 bits per heavy atom. The number of nitrogens with zero attached hydrogens (tertiary/aromatic N) is 3. The first-order chi connectivity index (χ1) is 15.5. The second kappa shape index (κ2) is 7.92. The van der Waals surface area contributed by atoms with Crippen molar-refractivity contribution in [1.29, 1.82) is 0 Å². The van der Waals surface area contributed by atoms with Gasteiger partial charge in [-0.15, -0.1) is 0 Å². The first kappa shape index (κ1) is 20.5. The van der Waals surface area contributed by atoms with Gasteiger partial charge in [0.15, 0.2) is 0 Å². The zero-order valence-corrected chi connectivity index (χ0v) is 17.7. The van der Waals surface area contributed by atoms with Gasteiger partial charge >= 0.3 is 6.61 Å². The number of aromatic nitrogens is 2. The van der Waals surface area contributed by atoms with Gasteiger partial charge in [0, 0.05) is 30.2 Å². The second-order valence-electron chi connectivity index (χ2n) is 7.90. The average Bonchev–Trinajstić information content (AvgIpc) is 3.29. The van der Waals surface area contributed by atoms with Crippen molar-refractivity contribution in [3.8, 4) is 17.6 Å². The van der Waals surface area contributed by atoms with Gasteiger partial charge in [0.25, 0.3) is 5.91 Å². The lowest BCUT2D eigenvalue weighted by Gasteiger charge is -2.24. The van der Waals surface area contributed by atoms with Crippen molar-refractivity contribution in [3.63, 3.8) is 0 Å². The Morgan fingerprint density at radius 3 is 2.91 bits per heavy atom. The number of alkyl halides is 2. The lowest BCUT2D eigenvalue weighted by molar-refractivity contribution is -0.0507. The Kier molecular flexibility index (Phi) is 5.06. The molecule has 2 bridgehead atoms. The maximum Gasteiger partial charge on any atom is 0.387 e. The zero-order valence-electron chi connectivity index (χ0n) is 17.7. The van der Waals surface area contributed by atoms with Crippen molar-refractivity contribution in [2.24, 2.45) is 0 Å². The van der Waals surface area contributed by atoms with Gasteiger partial charge in [0.1, 0.15) is 11.6 Å². The van der Waals surface area contributed by atoms with E-state index in [2.05, 4.69) is 21.7 Å². The van der Waals surface area contributed by atoms with Gasteiger partial charge in [-0.2, -0.15) is 8.78 Å². The second-order valence-corrected chi connectivity index (χ2v) is 7.90. The van der Waals surface area contributed by atoms with Gasteiger partial charge < -0.3 is 19.5 Å². The Labute approximate surface area is 184 Å². The Bertz CT molecular complexity index is 1270. The molecular weight excluding hydrogens is 414 g/mol. The predicted octanol–water partition coefficient (Wildman–Crippen LogP) is 3.72. The van der Waals surface area contributed by atoms with Crippen LogP contribution in [-0.4, -0.2) is 47.1 Å². The van der Waals surface area contributed by atoms with E-state index in [1.807, 2.05) is 25.1 Å². The van der Waals surface area contributed by atoms with Gasteiger partial charge in [0.2, 0.25) is 0 Å². The summed E-state index contributed by atoms with van der Waals surface area (Å²) >= 11 is 0. The van der Waals surface area contributed by atoms with E-state index < -0.39 is 6.61 Å². The number of carbonyl (C=O) groups excluding carboxylic acids is 1.